The summed E-state index contributed by atoms with van der Waals surface area (Å²) in [7, 11) is 7.73. The molecule has 1 heterocycles. The largest absolute Gasteiger partial charge is 0.497 e. The predicted molar refractivity (Wildman–Crippen MR) is 97.5 cm³/mol. The van der Waals surface area contributed by atoms with Crippen molar-refractivity contribution in [3.63, 3.8) is 0 Å². The highest BCUT2D eigenvalue weighted by atomic mass is 16.6. The molecule has 0 radical (unpaired) electrons. The molecule has 0 N–H and O–H groups in total. The van der Waals surface area contributed by atoms with Crippen molar-refractivity contribution in [1.82, 2.24) is 0 Å². The molecule has 3 rings (SSSR count). The van der Waals surface area contributed by atoms with Gasteiger partial charge in [-0.15, -0.1) is 0 Å². The number of carbonyl (C=O) groups excluding carboxylic acids is 1. The first kappa shape index (κ1) is 18.7. The third-order valence-corrected chi connectivity index (χ3v) is 4.51. The van der Waals surface area contributed by atoms with E-state index in [1.165, 1.54) is 7.11 Å². The molecule has 0 fully saturated rings. The Morgan fingerprint density at radius 2 is 1.44 bits per heavy atom. The van der Waals surface area contributed by atoms with Crippen LogP contribution in [0.4, 0.5) is 0 Å². The van der Waals surface area contributed by atoms with Crippen molar-refractivity contribution in [2.75, 3.05) is 35.5 Å². The molecule has 0 amide bonds. The molecule has 0 spiro atoms. The summed E-state index contributed by atoms with van der Waals surface area (Å²) in [6, 6.07) is 7.14. The van der Waals surface area contributed by atoms with Gasteiger partial charge in [0.25, 0.3) is 0 Å². The van der Waals surface area contributed by atoms with Gasteiger partial charge in [0.1, 0.15) is 23.2 Å². The minimum absolute atomic E-state index is 0.415. The van der Waals surface area contributed by atoms with Gasteiger partial charge in [0.15, 0.2) is 11.5 Å². The summed E-state index contributed by atoms with van der Waals surface area (Å²) in [4.78, 5) is 12.4. The van der Waals surface area contributed by atoms with E-state index >= 15 is 0 Å². The van der Waals surface area contributed by atoms with E-state index in [-0.39, 0.29) is 0 Å². The Kier molecular flexibility index (Phi) is 5.30. The summed E-state index contributed by atoms with van der Waals surface area (Å²) in [6.07, 6.45) is -0.0366. The fourth-order valence-electron chi connectivity index (χ4n) is 3.23. The van der Waals surface area contributed by atoms with Crippen LogP contribution in [0.3, 0.4) is 0 Å². The van der Waals surface area contributed by atoms with Crippen molar-refractivity contribution in [3.8, 4) is 28.7 Å². The number of rotatable bonds is 7. The second-order valence-corrected chi connectivity index (χ2v) is 5.93. The molecule has 0 unspecified atom stereocenters. The third-order valence-electron chi connectivity index (χ3n) is 4.51. The van der Waals surface area contributed by atoms with Gasteiger partial charge in [0.2, 0.25) is 5.75 Å². The van der Waals surface area contributed by atoms with E-state index in [9.17, 15) is 4.79 Å². The normalized spacial score (nSPS) is 15.0. The molecular weight excluding hydrogens is 352 g/mol. The molecule has 2 aromatic carbocycles. The van der Waals surface area contributed by atoms with Gasteiger partial charge in [0, 0.05) is 18.1 Å². The number of hydrogen-bond acceptors (Lipinski definition) is 7. The molecular formula is C20H22O7. The van der Waals surface area contributed by atoms with E-state index in [0.29, 0.717) is 40.7 Å². The summed E-state index contributed by atoms with van der Waals surface area (Å²) in [5.74, 6) is 2.21. The molecule has 27 heavy (non-hydrogen) atoms. The van der Waals surface area contributed by atoms with Crippen molar-refractivity contribution in [2.24, 2.45) is 0 Å². The van der Waals surface area contributed by atoms with Crippen LogP contribution in [0.2, 0.25) is 0 Å². The van der Waals surface area contributed by atoms with Gasteiger partial charge in [-0.3, -0.25) is 0 Å². The fourth-order valence-corrected chi connectivity index (χ4v) is 3.23. The number of hydrogen-bond donors (Lipinski definition) is 0. The summed E-state index contributed by atoms with van der Waals surface area (Å²) in [5, 5.41) is 0. The lowest BCUT2D eigenvalue weighted by Crippen LogP contribution is -2.04. The van der Waals surface area contributed by atoms with Crippen LogP contribution in [-0.4, -0.2) is 41.5 Å². The maximum absolute atomic E-state index is 12.4. The first-order valence-corrected chi connectivity index (χ1v) is 8.32. The van der Waals surface area contributed by atoms with E-state index in [0.717, 1.165) is 11.1 Å². The molecule has 1 aliphatic rings. The van der Waals surface area contributed by atoms with Gasteiger partial charge in [-0.1, -0.05) is 0 Å². The Hall–Kier alpha value is -3.09. The molecule has 0 saturated heterocycles. The SMILES string of the molecule is COc1cc(OC)c2c(c1)[C@H](Cc1cc(OC)c(OC)c(OC)c1)OC2=O. The lowest BCUT2D eigenvalue weighted by atomic mass is 9.98. The lowest BCUT2D eigenvalue weighted by Gasteiger charge is -2.16. The molecule has 7 heteroatoms. The number of benzene rings is 2. The van der Waals surface area contributed by atoms with Crippen molar-refractivity contribution < 1.29 is 33.2 Å². The van der Waals surface area contributed by atoms with E-state index in [2.05, 4.69) is 0 Å². The maximum atomic E-state index is 12.4. The third kappa shape index (κ3) is 3.32. The Balaban J connectivity index is 2.01. The Labute approximate surface area is 157 Å². The van der Waals surface area contributed by atoms with Crippen LogP contribution < -0.4 is 23.7 Å². The topological polar surface area (TPSA) is 72.5 Å². The number of carbonyl (C=O) groups is 1. The van der Waals surface area contributed by atoms with Crippen LogP contribution in [0.5, 0.6) is 28.7 Å². The molecule has 1 aliphatic heterocycles. The first-order chi connectivity index (χ1) is 13.1. The molecule has 2 aromatic rings. The highest BCUT2D eigenvalue weighted by Crippen LogP contribution is 2.43. The standard InChI is InChI=1S/C20H22O7/c1-22-12-9-13-14(27-20(21)18(13)15(10-12)23-2)6-11-7-16(24-3)19(26-5)17(8-11)25-4/h7-10,14H,6H2,1-5H3/t14-/m0/s1. The molecule has 1 atom stereocenters. The quantitative estimate of drug-likeness (QED) is 0.689. The van der Waals surface area contributed by atoms with Crippen LogP contribution in [0.15, 0.2) is 24.3 Å². The zero-order valence-corrected chi connectivity index (χ0v) is 16.0. The van der Waals surface area contributed by atoms with Gasteiger partial charge < -0.3 is 28.4 Å². The highest BCUT2D eigenvalue weighted by molar-refractivity contribution is 5.97. The van der Waals surface area contributed by atoms with Gasteiger partial charge in [-0.05, 0) is 23.8 Å². The Morgan fingerprint density at radius 1 is 0.815 bits per heavy atom. The predicted octanol–water partition coefficient (Wildman–Crippen LogP) is 3.18. The van der Waals surface area contributed by atoms with Crippen molar-refractivity contribution >= 4 is 5.97 Å². The first-order valence-electron chi connectivity index (χ1n) is 8.32. The van der Waals surface area contributed by atoms with Crippen molar-refractivity contribution in [1.29, 1.82) is 0 Å². The molecule has 0 saturated carbocycles. The number of fused-ring (bicyclic) bond motifs is 1. The van der Waals surface area contributed by atoms with Gasteiger partial charge in [0.05, 0.1) is 35.5 Å². The summed E-state index contributed by atoms with van der Waals surface area (Å²) >= 11 is 0. The van der Waals surface area contributed by atoms with E-state index < -0.39 is 12.1 Å². The lowest BCUT2D eigenvalue weighted by molar-refractivity contribution is 0.0385. The molecule has 0 bridgehead atoms. The number of methoxy groups -OCH3 is 5. The van der Waals surface area contributed by atoms with E-state index in [4.69, 9.17) is 28.4 Å². The number of esters is 1. The molecule has 0 aromatic heterocycles. The van der Waals surface area contributed by atoms with Crippen molar-refractivity contribution in [3.05, 3.63) is 41.0 Å². The average Bonchev–Trinajstić information content (AvgIpc) is 3.01. The smallest absolute Gasteiger partial charge is 0.342 e. The number of ether oxygens (including phenoxy) is 6. The summed E-state index contributed by atoms with van der Waals surface area (Å²) in [6.45, 7) is 0. The maximum Gasteiger partial charge on any atom is 0.342 e. The second-order valence-electron chi connectivity index (χ2n) is 5.93. The van der Waals surface area contributed by atoms with Crippen LogP contribution in [0, 0.1) is 0 Å². The van der Waals surface area contributed by atoms with Crippen LogP contribution >= 0.6 is 0 Å². The van der Waals surface area contributed by atoms with Crippen LogP contribution in [0.1, 0.15) is 27.6 Å². The molecule has 144 valence electrons. The zero-order chi connectivity index (χ0) is 19.6. The average molecular weight is 374 g/mol. The second kappa shape index (κ2) is 7.65. The fraction of sp³-hybridized carbons (Fsp3) is 0.350. The van der Waals surface area contributed by atoms with Crippen molar-refractivity contribution in [2.45, 2.75) is 12.5 Å². The van der Waals surface area contributed by atoms with Crippen LogP contribution in [0.25, 0.3) is 0 Å². The monoisotopic (exact) mass is 374 g/mol. The molecule has 0 aliphatic carbocycles. The van der Waals surface area contributed by atoms with E-state index in [1.807, 2.05) is 12.1 Å². The molecule has 7 nitrogen and oxygen atoms in total. The highest BCUT2D eigenvalue weighted by Gasteiger charge is 2.35. The minimum atomic E-state index is -0.473. The Morgan fingerprint density at radius 3 is 1.96 bits per heavy atom. The van der Waals surface area contributed by atoms with Crippen LogP contribution in [-0.2, 0) is 11.2 Å². The minimum Gasteiger partial charge on any atom is -0.497 e. The van der Waals surface area contributed by atoms with Gasteiger partial charge in [-0.25, -0.2) is 4.79 Å². The number of cyclic esters (lactones) is 1. The zero-order valence-electron chi connectivity index (χ0n) is 16.0. The van der Waals surface area contributed by atoms with Gasteiger partial charge in [-0.2, -0.15) is 0 Å². The van der Waals surface area contributed by atoms with E-state index in [1.54, 1.807) is 40.6 Å². The summed E-state index contributed by atoms with van der Waals surface area (Å²) in [5.41, 5.74) is 2.03. The Bertz CT molecular complexity index is 835. The summed E-state index contributed by atoms with van der Waals surface area (Å²) < 4.78 is 32.4. The van der Waals surface area contributed by atoms with Gasteiger partial charge >= 0.3 is 5.97 Å².